The van der Waals surface area contributed by atoms with E-state index < -0.39 is 24.9 Å². The molecule has 5 N–H and O–H groups in total. The Kier molecular flexibility index (Phi) is 6.46. The normalized spacial score (nSPS) is 15.5. The number of thiazole rings is 1. The molecule has 9 heteroatoms. The minimum absolute atomic E-state index is 0.496. The summed E-state index contributed by atoms with van der Waals surface area (Å²) in [4.78, 5) is 4.32. The van der Waals surface area contributed by atoms with Gasteiger partial charge >= 0.3 is 0 Å². The van der Waals surface area contributed by atoms with Crippen molar-refractivity contribution in [2.45, 2.75) is 18.3 Å². The SMILES string of the molecule is OC[C@H](O)[C@@H](O)[C@H](O)/C=N\Nc1nc(-c2ccc(Cl)cc2)cs1. The summed E-state index contributed by atoms with van der Waals surface area (Å²) in [6.45, 7) is -0.656. The summed E-state index contributed by atoms with van der Waals surface area (Å²) in [7, 11) is 0. The lowest BCUT2D eigenvalue weighted by molar-refractivity contribution is -0.0541. The quantitative estimate of drug-likeness (QED) is 0.372. The van der Waals surface area contributed by atoms with Crippen LogP contribution in [0.2, 0.25) is 5.02 Å². The molecular weight excluding hydrogens is 342 g/mol. The average Bonchev–Trinajstić information content (AvgIpc) is 3.02. The summed E-state index contributed by atoms with van der Waals surface area (Å²) in [6.07, 6.45) is -3.35. The summed E-state index contributed by atoms with van der Waals surface area (Å²) in [5.41, 5.74) is 4.28. The maximum atomic E-state index is 9.57. The lowest BCUT2D eigenvalue weighted by Gasteiger charge is -2.17. The number of benzene rings is 1. The molecule has 0 saturated carbocycles. The van der Waals surface area contributed by atoms with Gasteiger partial charge in [0.15, 0.2) is 0 Å². The number of nitrogens with one attached hydrogen (secondary N) is 1. The lowest BCUT2D eigenvalue weighted by atomic mass is 10.1. The summed E-state index contributed by atoms with van der Waals surface area (Å²) in [5.74, 6) is 0. The number of rotatable bonds is 7. The van der Waals surface area contributed by atoms with Gasteiger partial charge in [-0.15, -0.1) is 11.3 Å². The number of aliphatic hydroxyl groups is 4. The minimum atomic E-state index is -1.52. The number of hydrogen-bond donors (Lipinski definition) is 5. The number of aliphatic hydroxyl groups excluding tert-OH is 4. The van der Waals surface area contributed by atoms with Crippen molar-refractivity contribution in [1.29, 1.82) is 0 Å². The number of anilines is 1. The fourth-order valence-corrected chi connectivity index (χ4v) is 2.47. The lowest BCUT2D eigenvalue weighted by Crippen LogP contribution is -2.40. The van der Waals surface area contributed by atoms with Gasteiger partial charge in [-0.25, -0.2) is 4.98 Å². The van der Waals surface area contributed by atoms with E-state index in [2.05, 4.69) is 15.5 Å². The zero-order chi connectivity index (χ0) is 16.8. The Balaban J connectivity index is 1.94. The molecule has 0 radical (unpaired) electrons. The standard InChI is InChI=1S/C14H16ClN3O4S/c15-9-3-1-8(2-4-9)10-7-23-14(17-10)18-16-5-11(20)13(22)12(21)6-19/h1-5,7,11-13,19-22H,6H2,(H,17,18)/b16-5-/t11-,12+,13+/m1/s1. The van der Waals surface area contributed by atoms with Gasteiger partial charge < -0.3 is 20.4 Å². The van der Waals surface area contributed by atoms with Gasteiger partial charge in [0, 0.05) is 16.0 Å². The monoisotopic (exact) mass is 357 g/mol. The van der Waals surface area contributed by atoms with Gasteiger partial charge in [0.25, 0.3) is 0 Å². The van der Waals surface area contributed by atoms with Crippen molar-refractivity contribution in [3.63, 3.8) is 0 Å². The van der Waals surface area contributed by atoms with Gasteiger partial charge in [-0.05, 0) is 12.1 Å². The molecule has 0 aliphatic rings. The molecule has 23 heavy (non-hydrogen) atoms. The topological polar surface area (TPSA) is 118 Å². The molecular formula is C14H16ClN3O4S. The molecule has 1 heterocycles. The van der Waals surface area contributed by atoms with Gasteiger partial charge in [0.1, 0.15) is 18.3 Å². The highest BCUT2D eigenvalue weighted by molar-refractivity contribution is 7.14. The average molecular weight is 358 g/mol. The maximum Gasteiger partial charge on any atom is 0.203 e. The largest absolute Gasteiger partial charge is 0.394 e. The number of hydrazone groups is 1. The first-order chi connectivity index (χ1) is 11.0. The Bertz CT molecular complexity index is 650. The molecule has 0 saturated heterocycles. The molecule has 0 aliphatic heterocycles. The third-order valence-corrected chi connectivity index (χ3v) is 3.96. The van der Waals surface area contributed by atoms with Gasteiger partial charge in [-0.2, -0.15) is 5.10 Å². The molecule has 0 aliphatic carbocycles. The maximum absolute atomic E-state index is 9.57. The van der Waals surface area contributed by atoms with E-state index in [4.69, 9.17) is 16.7 Å². The Hall–Kier alpha value is -1.55. The zero-order valence-corrected chi connectivity index (χ0v) is 13.4. The third-order valence-electron chi connectivity index (χ3n) is 2.96. The summed E-state index contributed by atoms with van der Waals surface area (Å²) >= 11 is 7.15. The number of halogens is 1. The van der Waals surface area contributed by atoms with E-state index in [1.807, 2.05) is 17.5 Å². The van der Waals surface area contributed by atoms with Crippen molar-refractivity contribution in [2.75, 3.05) is 12.0 Å². The predicted octanol–water partition coefficient (Wildman–Crippen LogP) is 0.936. The zero-order valence-electron chi connectivity index (χ0n) is 11.9. The molecule has 7 nitrogen and oxygen atoms in total. The molecule has 1 aromatic carbocycles. The number of hydrogen-bond acceptors (Lipinski definition) is 8. The van der Waals surface area contributed by atoms with Gasteiger partial charge in [-0.1, -0.05) is 23.7 Å². The Morgan fingerprint density at radius 1 is 1.26 bits per heavy atom. The Labute approximate surface area is 141 Å². The molecule has 3 atom stereocenters. The molecule has 0 spiro atoms. The first kappa shape index (κ1) is 17.8. The van der Waals surface area contributed by atoms with Crippen molar-refractivity contribution in [3.05, 3.63) is 34.7 Å². The van der Waals surface area contributed by atoms with E-state index in [9.17, 15) is 15.3 Å². The van der Waals surface area contributed by atoms with Crippen LogP contribution in [0, 0.1) is 0 Å². The Morgan fingerprint density at radius 3 is 2.61 bits per heavy atom. The summed E-state index contributed by atoms with van der Waals surface area (Å²) in [5, 5.41) is 43.6. The van der Waals surface area contributed by atoms with Crippen LogP contribution in [-0.2, 0) is 0 Å². The van der Waals surface area contributed by atoms with Crippen LogP contribution < -0.4 is 5.43 Å². The highest BCUT2D eigenvalue weighted by Gasteiger charge is 2.22. The van der Waals surface area contributed by atoms with Crippen LogP contribution in [0.25, 0.3) is 11.3 Å². The fourth-order valence-electron chi connectivity index (χ4n) is 1.67. The highest BCUT2D eigenvalue weighted by atomic mass is 35.5. The van der Waals surface area contributed by atoms with Crippen molar-refractivity contribution in [3.8, 4) is 11.3 Å². The van der Waals surface area contributed by atoms with Crippen LogP contribution in [0.1, 0.15) is 0 Å². The van der Waals surface area contributed by atoms with Gasteiger partial charge in [0.2, 0.25) is 5.13 Å². The van der Waals surface area contributed by atoms with Crippen LogP contribution in [0.3, 0.4) is 0 Å². The molecule has 0 bridgehead atoms. The molecule has 0 amide bonds. The third kappa shape index (κ3) is 4.96. The number of aromatic nitrogens is 1. The molecule has 1 aromatic heterocycles. The van der Waals surface area contributed by atoms with E-state index >= 15 is 0 Å². The fraction of sp³-hybridized carbons (Fsp3) is 0.286. The summed E-state index contributed by atoms with van der Waals surface area (Å²) < 4.78 is 0. The van der Waals surface area contributed by atoms with Gasteiger partial charge in [-0.3, -0.25) is 5.43 Å². The first-order valence-electron chi connectivity index (χ1n) is 6.67. The van der Waals surface area contributed by atoms with Gasteiger partial charge in [0.05, 0.1) is 18.5 Å². The van der Waals surface area contributed by atoms with Crippen LogP contribution in [0.4, 0.5) is 5.13 Å². The van der Waals surface area contributed by atoms with Crippen LogP contribution in [0.15, 0.2) is 34.7 Å². The minimum Gasteiger partial charge on any atom is -0.394 e. The molecule has 124 valence electrons. The van der Waals surface area contributed by atoms with Crippen molar-refractivity contribution in [1.82, 2.24) is 4.98 Å². The smallest absolute Gasteiger partial charge is 0.203 e. The second-order valence-electron chi connectivity index (χ2n) is 4.67. The van der Waals surface area contributed by atoms with Crippen molar-refractivity contribution in [2.24, 2.45) is 5.10 Å². The van der Waals surface area contributed by atoms with E-state index in [1.54, 1.807) is 12.1 Å². The van der Waals surface area contributed by atoms with E-state index in [0.29, 0.717) is 10.2 Å². The predicted molar refractivity (Wildman–Crippen MR) is 89.8 cm³/mol. The first-order valence-corrected chi connectivity index (χ1v) is 7.92. The number of nitrogens with zero attached hydrogens (tertiary/aromatic N) is 2. The molecule has 0 unspecified atom stereocenters. The molecule has 2 rings (SSSR count). The van der Waals surface area contributed by atoms with E-state index in [1.165, 1.54) is 11.3 Å². The van der Waals surface area contributed by atoms with Crippen LogP contribution in [-0.4, -0.2) is 56.5 Å². The van der Waals surface area contributed by atoms with E-state index in [0.717, 1.165) is 17.5 Å². The van der Waals surface area contributed by atoms with Crippen molar-refractivity contribution < 1.29 is 20.4 Å². The van der Waals surface area contributed by atoms with E-state index in [-0.39, 0.29) is 0 Å². The molecule has 2 aromatic rings. The Morgan fingerprint density at radius 2 is 1.96 bits per heavy atom. The van der Waals surface area contributed by atoms with Crippen LogP contribution in [0.5, 0.6) is 0 Å². The molecule has 0 fully saturated rings. The summed E-state index contributed by atoms with van der Waals surface area (Å²) in [6, 6.07) is 7.24. The second kappa shape index (κ2) is 8.34. The van der Waals surface area contributed by atoms with Crippen molar-refractivity contribution >= 4 is 34.3 Å². The second-order valence-corrected chi connectivity index (χ2v) is 5.96. The van der Waals surface area contributed by atoms with Crippen LogP contribution >= 0.6 is 22.9 Å². The highest BCUT2D eigenvalue weighted by Crippen LogP contribution is 2.25.